The second-order valence-corrected chi connectivity index (χ2v) is 8.00. The lowest BCUT2D eigenvalue weighted by Crippen LogP contribution is -2.38. The first-order valence-corrected chi connectivity index (χ1v) is 10.2. The molecule has 0 heterocycles. The first-order chi connectivity index (χ1) is 11.9. The van der Waals surface area contributed by atoms with Gasteiger partial charge in [-0.15, -0.1) is 0 Å². The van der Waals surface area contributed by atoms with Crippen molar-refractivity contribution in [3.05, 3.63) is 35.6 Å². The topological polar surface area (TPSA) is 73.8 Å². The van der Waals surface area contributed by atoms with Crippen molar-refractivity contribution < 1.29 is 12.8 Å². The van der Waals surface area contributed by atoms with Crippen LogP contribution < -0.4 is 10.6 Å². The van der Waals surface area contributed by atoms with Crippen LogP contribution in [-0.4, -0.2) is 57.7 Å². The zero-order chi connectivity index (χ0) is 18.7. The molecule has 0 radical (unpaired) electrons. The maximum Gasteiger partial charge on any atom is 0.213 e. The molecule has 1 rings (SSSR count). The van der Waals surface area contributed by atoms with E-state index in [2.05, 4.69) is 15.6 Å². The molecule has 0 aliphatic heterocycles. The van der Waals surface area contributed by atoms with E-state index in [4.69, 9.17) is 0 Å². The molecule has 0 unspecified atom stereocenters. The standard InChI is InChI=1S/C17H29FN4O2S/c1-4-19-17(20-12-6-14-22(3)25(23,24)5-2)21-13-11-15-7-9-16(18)10-8-15/h7-10H,4-6,11-14H2,1-3H3,(H2,19,20,21). The van der Waals surface area contributed by atoms with Crippen molar-refractivity contribution in [1.29, 1.82) is 0 Å². The van der Waals surface area contributed by atoms with Gasteiger partial charge in [0.1, 0.15) is 5.82 Å². The molecule has 2 N–H and O–H groups in total. The third kappa shape index (κ3) is 8.31. The highest BCUT2D eigenvalue weighted by atomic mass is 32.2. The number of sulfonamides is 1. The molecule has 0 aliphatic carbocycles. The number of nitrogens with one attached hydrogen (secondary N) is 2. The number of benzene rings is 1. The van der Waals surface area contributed by atoms with E-state index in [1.165, 1.54) is 16.4 Å². The van der Waals surface area contributed by atoms with Crippen LogP contribution in [0.1, 0.15) is 25.8 Å². The van der Waals surface area contributed by atoms with E-state index in [-0.39, 0.29) is 11.6 Å². The van der Waals surface area contributed by atoms with Gasteiger partial charge in [-0.1, -0.05) is 12.1 Å². The Morgan fingerprint density at radius 2 is 1.88 bits per heavy atom. The SMILES string of the molecule is CCNC(=NCCCN(C)S(=O)(=O)CC)NCCc1ccc(F)cc1. The van der Waals surface area contributed by atoms with Crippen LogP contribution >= 0.6 is 0 Å². The number of halogens is 1. The van der Waals surface area contributed by atoms with Gasteiger partial charge in [0, 0.05) is 33.2 Å². The Morgan fingerprint density at radius 3 is 2.48 bits per heavy atom. The fourth-order valence-electron chi connectivity index (χ4n) is 2.16. The highest BCUT2D eigenvalue weighted by molar-refractivity contribution is 7.89. The predicted molar refractivity (Wildman–Crippen MR) is 101 cm³/mol. The van der Waals surface area contributed by atoms with Gasteiger partial charge in [0.25, 0.3) is 0 Å². The van der Waals surface area contributed by atoms with Gasteiger partial charge in [-0.25, -0.2) is 17.1 Å². The molecule has 0 aromatic heterocycles. The number of rotatable bonds is 10. The van der Waals surface area contributed by atoms with Gasteiger partial charge in [-0.3, -0.25) is 4.99 Å². The summed E-state index contributed by atoms with van der Waals surface area (Å²) in [5.41, 5.74) is 1.05. The van der Waals surface area contributed by atoms with Crippen molar-refractivity contribution in [1.82, 2.24) is 14.9 Å². The van der Waals surface area contributed by atoms with Gasteiger partial charge < -0.3 is 10.6 Å². The van der Waals surface area contributed by atoms with Crippen molar-refractivity contribution in [2.45, 2.75) is 26.7 Å². The molecular formula is C17H29FN4O2S. The first kappa shape index (κ1) is 21.4. The van der Waals surface area contributed by atoms with E-state index in [1.54, 1.807) is 26.1 Å². The fourth-order valence-corrected chi connectivity index (χ4v) is 3.01. The lowest BCUT2D eigenvalue weighted by molar-refractivity contribution is 0.465. The summed E-state index contributed by atoms with van der Waals surface area (Å²) in [7, 11) is -1.54. The number of guanidine groups is 1. The number of hydrogen-bond acceptors (Lipinski definition) is 3. The maximum absolute atomic E-state index is 12.9. The number of aliphatic imine (C=N–C) groups is 1. The molecule has 142 valence electrons. The molecule has 0 saturated heterocycles. The molecular weight excluding hydrogens is 343 g/mol. The monoisotopic (exact) mass is 372 g/mol. The van der Waals surface area contributed by atoms with Crippen molar-refractivity contribution in [3.8, 4) is 0 Å². The summed E-state index contributed by atoms with van der Waals surface area (Å²) in [5, 5.41) is 6.38. The third-order valence-electron chi connectivity index (χ3n) is 3.70. The van der Waals surface area contributed by atoms with Crippen molar-refractivity contribution >= 4 is 16.0 Å². The van der Waals surface area contributed by atoms with Crippen molar-refractivity contribution in [2.75, 3.05) is 39.0 Å². The first-order valence-electron chi connectivity index (χ1n) is 8.59. The molecule has 0 bridgehead atoms. The zero-order valence-electron chi connectivity index (χ0n) is 15.3. The van der Waals surface area contributed by atoms with E-state index in [1.807, 2.05) is 6.92 Å². The fraction of sp³-hybridized carbons (Fsp3) is 0.588. The highest BCUT2D eigenvalue weighted by Gasteiger charge is 2.13. The van der Waals surface area contributed by atoms with Crippen LogP contribution in [0.2, 0.25) is 0 Å². The van der Waals surface area contributed by atoms with Crippen LogP contribution in [-0.2, 0) is 16.4 Å². The van der Waals surface area contributed by atoms with E-state index < -0.39 is 10.0 Å². The van der Waals surface area contributed by atoms with Crippen LogP contribution in [0.25, 0.3) is 0 Å². The van der Waals surface area contributed by atoms with E-state index >= 15 is 0 Å². The normalized spacial score (nSPS) is 12.4. The second-order valence-electron chi connectivity index (χ2n) is 5.64. The van der Waals surface area contributed by atoms with Crippen LogP contribution in [0.3, 0.4) is 0 Å². The van der Waals surface area contributed by atoms with Gasteiger partial charge in [0.05, 0.1) is 5.75 Å². The number of hydrogen-bond donors (Lipinski definition) is 2. The molecule has 25 heavy (non-hydrogen) atoms. The summed E-state index contributed by atoms with van der Waals surface area (Å²) >= 11 is 0. The van der Waals surface area contributed by atoms with Crippen LogP contribution in [0.5, 0.6) is 0 Å². The Bertz CT molecular complexity index is 633. The molecule has 0 atom stereocenters. The zero-order valence-corrected chi connectivity index (χ0v) is 16.1. The summed E-state index contributed by atoms with van der Waals surface area (Å²) in [4.78, 5) is 4.45. The summed E-state index contributed by atoms with van der Waals surface area (Å²) < 4.78 is 37.6. The van der Waals surface area contributed by atoms with Gasteiger partial charge in [0.15, 0.2) is 5.96 Å². The van der Waals surface area contributed by atoms with Gasteiger partial charge in [0.2, 0.25) is 10.0 Å². The maximum atomic E-state index is 12.9. The van der Waals surface area contributed by atoms with E-state index in [0.29, 0.717) is 32.0 Å². The smallest absolute Gasteiger partial charge is 0.213 e. The Morgan fingerprint density at radius 1 is 1.20 bits per heavy atom. The minimum Gasteiger partial charge on any atom is -0.357 e. The average molecular weight is 373 g/mol. The van der Waals surface area contributed by atoms with Crippen LogP contribution in [0, 0.1) is 5.82 Å². The third-order valence-corrected chi connectivity index (χ3v) is 5.57. The van der Waals surface area contributed by atoms with E-state index in [0.717, 1.165) is 18.5 Å². The summed E-state index contributed by atoms with van der Waals surface area (Å²) in [6.07, 6.45) is 1.42. The van der Waals surface area contributed by atoms with Crippen molar-refractivity contribution in [3.63, 3.8) is 0 Å². The quantitative estimate of drug-likeness (QED) is 0.372. The lowest BCUT2D eigenvalue weighted by Gasteiger charge is -2.15. The number of nitrogens with zero attached hydrogens (tertiary/aromatic N) is 2. The van der Waals surface area contributed by atoms with E-state index in [9.17, 15) is 12.8 Å². The molecule has 0 spiro atoms. The molecule has 0 aliphatic rings. The summed E-state index contributed by atoms with van der Waals surface area (Å²) in [5.74, 6) is 0.577. The second kappa shape index (κ2) is 11.0. The predicted octanol–water partition coefficient (Wildman–Crippen LogP) is 1.59. The van der Waals surface area contributed by atoms with Gasteiger partial charge in [-0.05, 0) is 44.4 Å². The molecule has 0 saturated carbocycles. The molecule has 8 heteroatoms. The summed E-state index contributed by atoms with van der Waals surface area (Å²) in [6, 6.07) is 6.45. The lowest BCUT2D eigenvalue weighted by atomic mass is 10.1. The average Bonchev–Trinajstić information content (AvgIpc) is 2.60. The molecule has 6 nitrogen and oxygen atoms in total. The minimum atomic E-state index is -3.13. The minimum absolute atomic E-state index is 0.111. The molecule has 0 fully saturated rings. The van der Waals surface area contributed by atoms with Gasteiger partial charge in [-0.2, -0.15) is 0 Å². The van der Waals surface area contributed by atoms with Gasteiger partial charge >= 0.3 is 0 Å². The highest BCUT2D eigenvalue weighted by Crippen LogP contribution is 2.02. The largest absolute Gasteiger partial charge is 0.357 e. The Labute approximate surface area is 150 Å². The molecule has 1 aromatic rings. The van der Waals surface area contributed by atoms with Crippen LogP contribution in [0.15, 0.2) is 29.3 Å². The van der Waals surface area contributed by atoms with Crippen molar-refractivity contribution in [2.24, 2.45) is 4.99 Å². The Balaban J connectivity index is 2.39. The van der Waals surface area contributed by atoms with Crippen LogP contribution in [0.4, 0.5) is 4.39 Å². The Hall–Kier alpha value is -1.67. The molecule has 0 amide bonds. The summed E-state index contributed by atoms with van der Waals surface area (Å²) in [6.45, 7) is 6.04. The molecule has 1 aromatic carbocycles. The Kier molecular flexibility index (Phi) is 9.44.